The Hall–Kier alpha value is -3.12. The number of anilines is 3. The predicted octanol–water partition coefficient (Wildman–Crippen LogP) is 4.62. The zero-order chi connectivity index (χ0) is 23.2. The van der Waals surface area contributed by atoms with Crippen LogP contribution in [0.1, 0.15) is 43.2 Å². The Kier molecular flexibility index (Phi) is 7.45. The number of likely N-dealkylation sites (N-methyl/N-ethyl adjacent to an activating group) is 1. The monoisotopic (exact) mass is 445 g/mol. The molecular weight excluding hydrogens is 410 g/mol. The highest BCUT2D eigenvalue weighted by molar-refractivity contribution is 6.13. The molecule has 4 rings (SSSR count). The molecule has 0 aromatic heterocycles. The molecule has 6 nitrogen and oxygen atoms in total. The van der Waals surface area contributed by atoms with Gasteiger partial charge in [-0.05, 0) is 43.7 Å². The molecule has 0 spiro atoms. The van der Waals surface area contributed by atoms with Crippen molar-refractivity contribution in [2.75, 3.05) is 49.2 Å². The molecule has 1 amide bonds. The summed E-state index contributed by atoms with van der Waals surface area (Å²) in [6.45, 7) is 3.69. The Balaban J connectivity index is 1.62. The van der Waals surface area contributed by atoms with Crippen molar-refractivity contribution in [1.29, 1.82) is 5.41 Å². The number of hydrogen-bond donors (Lipinski definition) is 3. The smallest absolute Gasteiger partial charge is 0.227 e. The highest BCUT2D eigenvalue weighted by atomic mass is 16.1. The maximum atomic E-state index is 13.1. The first kappa shape index (κ1) is 23.1. The number of allylic oxidation sites excluding steroid dienone is 1. The first-order chi connectivity index (χ1) is 16.0. The Labute approximate surface area is 197 Å². The van der Waals surface area contributed by atoms with E-state index in [1.165, 1.54) is 6.42 Å². The molecule has 0 atom stereocenters. The standard InChI is InChI=1S/C27H35N5O/c1-31-14-16-32(17-15-31)26-19-24(29)22(23(28)13-12-20-8-4-2-5-9-20)18-25(26)30-27(33)21-10-6-3-7-11-21/h2,4-5,8-9,12-13,18-19,21,28H,3,6-7,10-11,14-17,29H2,1H3,(H,30,33)/b13-12+,28-23?. The van der Waals surface area contributed by atoms with Crippen LogP contribution in [0.4, 0.5) is 17.1 Å². The predicted molar refractivity (Wildman–Crippen MR) is 138 cm³/mol. The third-order valence-corrected chi connectivity index (χ3v) is 6.78. The lowest BCUT2D eigenvalue weighted by Crippen LogP contribution is -2.44. The summed E-state index contributed by atoms with van der Waals surface area (Å²) in [5, 5.41) is 11.9. The molecular formula is C27H35N5O. The number of nitrogens with one attached hydrogen (secondary N) is 2. The van der Waals surface area contributed by atoms with Crippen molar-refractivity contribution in [3.05, 3.63) is 59.7 Å². The number of carbonyl (C=O) groups is 1. The number of piperazine rings is 1. The van der Waals surface area contributed by atoms with Crippen LogP contribution in [0.5, 0.6) is 0 Å². The molecule has 2 aromatic carbocycles. The average molecular weight is 446 g/mol. The average Bonchev–Trinajstić information content (AvgIpc) is 2.85. The minimum absolute atomic E-state index is 0.0671. The second kappa shape index (κ2) is 10.7. The summed E-state index contributed by atoms with van der Waals surface area (Å²) >= 11 is 0. The fourth-order valence-electron chi connectivity index (χ4n) is 4.68. The van der Waals surface area contributed by atoms with Crippen LogP contribution in [0, 0.1) is 11.3 Å². The maximum absolute atomic E-state index is 13.1. The van der Waals surface area contributed by atoms with E-state index in [0.717, 1.165) is 68.8 Å². The molecule has 2 aromatic rings. The molecule has 1 aliphatic carbocycles. The van der Waals surface area contributed by atoms with Gasteiger partial charge in [0.25, 0.3) is 0 Å². The number of carbonyl (C=O) groups excluding carboxylic acids is 1. The lowest BCUT2D eigenvalue weighted by Gasteiger charge is -2.35. The topological polar surface area (TPSA) is 85.4 Å². The molecule has 4 N–H and O–H groups in total. The Bertz CT molecular complexity index is 1000. The maximum Gasteiger partial charge on any atom is 0.227 e. The summed E-state index contributed by atoms with van der Waals surface area (Å²) in [6.07, 6.45) is 9.03. The summed E-state index contributed by atoms with van der Waals surface area (Å²) in [4.78, 5) is 17.7. The van der Waals surface area contributed by atoms with Gasteiger partial charge in [0, 0.05) is 43.3 Å². The van der Waals surface area contributed by atoms with E-state index in [9.17, 15) is 4.79 Å². The van der Waals surface area contributed by atoms with Crippen molar-refractivity contribution >= 4 is 34.8 Å². The van der Waals surface area contributed by atoms with Crippen LogP contribution < -0.4 is 16.0 Å². The first-order valence-corrected chi connectivity index (χ1v) is 12.0. The number of nitrogens with two attached hydrogens (primary N) is 1. The van der Waals surface area contributed by atoms with Gasteiger partial charge >= 0.3 is 0 Å². The van der Waals surface area contributed by atoms with Crippen LogP contribution in [0.3, 0.4) is 0 Å². The summed E-state index contributed by atoms with van der Waals surface area (Å²) < 4.78 is 0. The van der Waals surface area contributed by atoms with Gasteiger partial charge in [-0.15, -0.1) is 0 Å². The largest absolute Gasteiger partial charge is 0.398 e. The normalized spacial score (nSPS) is 17.9. The van der Waals surface area contributed by atoms with Gasteiger partial charge in [0.1, 0.15) is 0 Å². The van der Waals surface area contributed by atoms with Gasteiger partial charge in [-0.25, -0.2) is 0 Å². The second-order valence-corrected chi connectivity index (χ2v) is 9.23. The summed E-state index contributed by atoms with van der Waals surface area (Å²) in [6, 6.07) is 13.7. The lowest BCUT2D eigenvalue weighted by molar-refractivity contribution is -0.120. The van der Waals surface area contributed by atoms with Gasteiger partial charge in [0.2, 0.25) is 5.91 Å². The lowest BCUT2D eigenvalue weighted by atomic mass is 9.88. The van der Waals surface area contributed by atoms with E-state index in [-0.39, 0.29) is 11.8 Å². The van der Waals surface area contributed by atoms with E-state index in [4.69, 9.17) is 11.1 Å². The van der Waals surface area contributed by atoms with E-state index in [2.05, 4.69) is 22.2 Å². The van der Waals surface area contributed by atoms with Crippen LogP contribution in [-0.2, 0) is 4.79 Å². The van der Waals surface area contributed by atoms with Crippen molar-refractivity contribution in [3.63, 3.8) is 0 Å². The van der Waals surface area contributed by atoms with Crippen LogP contribution in [0.2, 0.25) is 0 Å². The van der Waals surface area contributed by atoms with E-state index < -0.39 is 0 Å². The minimum Gasteiger partial charge on any atom is -0.398 e. The molecule has 0 bridgehead atoms. The van der Waals surface area contributed by atoms with Crippen molar-refractivity contribution in [2.45, 2.75) is 32.1 Å². The van der Waals surface area contributed by atoms with Gasteiger partial charge in [0.15, 0.2) is 0 Å². The van der Waals surface area contributed by atoms with Crippen LogP contribution in [0.15, 0.2) is 48.5 Å². The SMILES string of the molecule is CN1CCN(c2cc(N)c(C(=N)/C=C/c3ccccc3)cc2NC(=O)C2CCCCC2)CC1. The van der Waals surface area contributed by atoms with Crippen LogP contribution >= 0.6 is 0 Å². The van der Waals surface area contributed by atoms with Crippen LogP contribution in [-0.4, -0.2) is 49.7 Å². The molecule has 1 saturated carbocycles. The zero-order valence-corrected chi connectivity index (χ0v) is 19.5. The van der Waals surface area contributed by atoms with Gasteiger partial charge < -0.3 is 26.3 Å². The van der Waals surface area contributed by atoms with Gasteiger partial charge in [-0.2, -0.15) is 0 Å². The molecule has 1 saturated heterocycles. The quantitative estimate of drug-likeness (QED) is 0.447. The molecule has 2 fully saturated rings. The second-order valence-electron chi connectivity index (χ2n) is 9.23. The molecule has 0 unspecified atom stereocenters. The van der Waals surface area contributed by atoms with Crippen LogP contribution in [0.25, 0.3) is 6.08 Å². The van der Waals surface area contributed by atoms with Crippen molar-refractivity contribution < 1.29 is 4.79 Å². The number of nitrogen functional groups attached to an aromatic ring is 1. The molecule has 174 valence electrons. The van der Waals surface area contributed by atoms with Crippen molar-refractivity contribution in [1.82, 2.24) is 4.90 Å². The fraction of sp³-hybridized carbons (Fsp3) is 0.407. The first-order valence-electron chi connectivity index (χ1n) is 12.0. The Morgan fingerprint density at radius 1 is 1.06 bits per heavy atom. The van der Waals surface area contributed by atoms with Crippen molar-refractivity contribution in [3.8, 4) is 0 Å². The number of hydrogen-bond acceptors (Lipinski definition) is 5. The highest BCUT2D eigenvalue weighted by Gasteiger charge is 2.25. The number of rotatable bonds is 6. The molecule has 0 radical (unpaired) electrons. The van der Waals surface area contributed by atoms with Gasteiger partial charge in [-0.1, -0.05) is 55.7 Å². The molecule has 1 heterocycles. The third kappa shape index (κ3) is 5.82. The number of benzene rings is 2. The Morgan fingerprint density at radius 2 is 1.76 bits per heavy atom. The Morgan fingerprint density at radius 3 is 2.45 bits per heavy atom. The summed E-state index contributed by atoms with van der Waals surface area (Å²) in [5.41, 5.74) is 10.7. The van der Waals surface area contributed by atoms with Crippen molar-refractivity contribution in [2.24, 2.45) is 5.92 Å². The molecule has 6 heteroatoms. The molecule has 2 aliphatic rings. The summed E-state index contributed by atoms with van der Waals surface area (Å²) in [7, 11) is 2.13. The number of nitrogens with zero attached hydrogens (tertiary/aromatic N) is 2. The van der Waals surface area contributed by atoms with E-state index in [1.807, 2.05) is 48.5 Å². The highest BCUT2D eigenvalue weighted by Crippen LogP contribution is 2.34. The van der Waals surface area contributed by atoms with Gasteiger partial charge in [0.05, 0.1) is 17.1 Å². The third-order valence-electron chi connectivity index (χ3n) is 6.78. The van der Waals surface area contributed by atoms with E-state index in [1.54, 1.807) is 6.08 Å². The summed E-state index contributed by atoms with van der Waals surface area (Å²) in [5.74, 6) is 0.157. The molecule has 1 aliphatic heterocycles. The van der Waals surface area contributed by atoms with E-state index >= 15 is 0 Å². The number of amides is 1. The minimum atomic E-state index is 0.0671. The van der Waals surface area contributed by atoms with E-state index in [0.29, 0.717) is 17.0 Å². The zero-order valence-electron chi connectivity index (χ0n) is 19.5. The van der Waals surface area contributed by atoms with Gasteiger partial charge in [-0.3, -0.25) is 4.79 Å². The fourth-order valence-corrected chi connectivity index (χ4v) is 4.68. The molecule has 33 heavy (non-hydrogen) atoms.